The van der Waals surface area contributed by atoms with Crippen LogP contribution in [0.25, 0.3) is 0 Å². The summed E-state index contributed by atoms with van der Waals surface area (Å²) in [6, 6.07) is 5.17. The third-order valence-corrected chi connectivity index (χ3v) is 2.04. The third-order valence-electron chi connectivity index (χ3n) is 2.04. The highest BCUT2D eigenvalue weighted by atomic mass is 19.4. The summed E-state index contributed by atoms with van der Waals surface area (Å²) >= 11 is 0. The molecule has 0 bridgehead atoms. The van der Waals surface area contributed by atoms with E-state index in [1.54, 1.807) is 24.4 Å². The first-order valence-electron chi connectivity index (χ1n) is 5.24. The zero-order valence-corrected chi connectivity index (χ0v) is 9.70. The molecule has 0 unspecified atom stereocenters. The molecule has 0 saturated heterocycles. The van der Waals surface area contributed by atoms with E-state index in [2.05, 4.69) is 15.0 Å². The molecule has 100 valence electrons. The van der Waals surface area contributed by atoms with Gasteiger partial charge in [-0.05, 0) is 19.1 Å². The molecule has 1 aromatic rings. The van der Waals surface area contributed by atoms with Crippen LogP contribution in [0.5, 0.6) is 0 Å². The van der Waals surface area contributed by atoms with Gasteiger partial charge in [0.05, 0.1) is 12.2 Å². The predicted octanol–water partition coefficient (Wildman–Crippen LogP) is 1.67. The molecule has 1 heterocycles. The van der Waals surface area contributed by atoms with Crippen LogP contribution in [0.3, 0.4) is 0 Å². The molecule has 0 aliphatic rings. The Morgan fingerprint density at radius 1 is 1.50 bits per heavy atom. The van der Waals surface area contributed by atoms with E-state index in [9.17, 15) is 18.0 Å². The number of rotatable bonds is 5. The Kier molecular flexibility index (Phi) is 5.08. The molecule has 0 aliphatic carbocycles. The van der Waals surface area contributed by atoms with Crippen LogP contribution < -0.4 is 5.32 Å². The van der Waals surface area contributed by atoms with Crippen LogP contribution in [0, 0.1) is 0 Å². The van der Waals surface area contributed by atoms with Gasteiger partial charge in [-0.3, -0.25) is 9.78 Å². The molecule has 0 radical (unpaired) electrons. The minimum atomic E-state index is -4.43. The van der Waals surface area contributed by atoms with E-state index in [4.69, 9.17) is 0 Å². The van der Waals surface area contributed by atoms with Gasteiger partial charge in [0.25, 0.3) is 0 Å². The normalized spacial score (nSPS) is 13.1. The maximum absolute atomic E-state index is 11.9. The number of hydrogen-bond donors (Lipinski definition) is 1. The summed E-state index contributed by atoms with van der Waals surface area (Å²) in [5, 5.41) is 2.44. The topological polar surface area (TPSA) is 51.2 Å². The highest BCUT2D eigenvalue weighted by molar-refractivity contribution is 5.80. The largest absolute Gasteiger partial charge is 0.411 e. The van der Waals surface area contributed by atoms with Gasteiger partial charge in [-0.1, -0.05) is 6.07 Å². The number of hydrogen-bond acceptors (Lipinski definition) is 3. The SMILES string of the molecule is C[C@@H](OCC(F)(F)F)C(=O)NCc1ccccn1. The number of nitrogens with one attached hydrogen (secondary N) is 1. The van der Waals surface area contributed by atoms with E-state index in [0.29, 0.717) is 5.69 Å². The molecule has 0 fully saturated rings. The van der Waals surface area contributed by atoms with E-state index < -0.39 is 24.8 Å². The number of pyridine rings is 1. The van der Waals surface area contributed by atoms with Gasteiger partial charge < -0.3 is 10.1 Å². The van der Waals surface area contributed by atoms with Gasteiger partial charge in [0.15, 0.2) is 0 Å². The lowest BCUT2D eigenvalue weighted by molar-refractivity contribution is -0.185. The number of halogens is 3. The summed E-state index contributed by atoms with van der Waals surface area (Å²) < 4.78 is 40.0. The van der Waals surface area contributed by atoms with Crippen molar-refractivity contribution in [2.75, 3.05) is 6.61 Å². The molecule has 1 amide bonds. The van der Waals surface area contributed by atoms with E-state index in [0.717, 1.165) is 0 Å². The molecule has 1 N–H and O–H groups in total. The second kappa shape index (κ2) is 6.34. The molecule has 0 saturated carbocycles. The molecule has 4 nitrogen and oxygen atoms in total. The fourth-order valence-corrected chi connectivity index (χ4v) is 1.12. The van der Waals surface area contributed by atoms with Crippen molar-refractivity contribution in [3.63, 3.8) is 0 Å². The first-order valence-corrected chi connectivity index (χ1v) is 5.24. The zero-order chi connectivity index (χ0) is 13.6. The Morgan fingerprint density at radius 3 is 2.78 bits per heavy atom. The van der Waals surface area contributed by atoms with Crippen molar-refractivity contribution in [1.29, 1.82) is 0 Å². The van der Waals surface area contributed by atoms with E-state index in [-0.39, 0.29) is 6.54 Å². The van der Waals surface area contributed by atoms with Crippen LogP contribution in [0.1, 0.15) is 12.6 Å². The van der Waals surface area contributed by atoms with Crippen molar-refractivity contribution in [3.05, 3.63) is 30.1 Å². The van der Waals surface area contributed by atoms with Crippen molar-refractivity contribution in [1.82, 2.24) is 10.3 Å². The Bertz CT molecular complexity index is 382. The average Bonchev–Trinajstić information content (AvgIpc) is 2.33. The molecule has 0 spiro atoms. The molecular formula is C11H13F3N2O2. The lowest BCUT2D eigenvalue weighted by Crippen LogP contribution is -2.36. The second-order valence-electron chi connectivity index (χ2n) is 3.61. The van der Waals surface area contributed by atoms with Gasteiger partial charge in [0.2, 0.25) is 5.91 Å². The van der Waals surface area contributed by atoms with Gasteiger partial charge in [-0.25, -0.2) is 0 Å². The van der Waals surface area contributed by atoms with Gasteiger partial charge in [-0.15, -0.1) is 0 Å². The number of carbonyl (C=O) groups is 1. The molecular weight excluding hydrogens is 249 g/mol. The molecule has 0 aromatic carbocycles. The lowest BCUT2D eigenvalue weighted by atomic mass is 10.3. The number of carbonyl (C=O) groups excluding carboxylic acids is 1. The summed E-state index contributed by atoms with van der Waals surface area (Å²) in [5.74, 6) is -0.607. The Balaban J connectivity index is 2.32. The summed E-state index contributed by atoms with van der Waals surface area (Å²) in [6.45, 7) is -0.0237. The highest BCUT2D eigenvalue weighted by Gasteiger charge is 2.29. The van der Waals surface area contributed by atoms with Gasteiger partial charge in [0.1, 0.15) is 12.7 Å². The molecule has 1 atom stereocenters. The smallest absolute Gasteiger partial charge is 0.359 e. The maximum atomic E-state index is 11.9. The van der Waals surface area contributed by atoms with Crippen molar-refractivity contribution in [2.24, 2.45) is 0 Å². The Morgan fingerprint density at radius 2 is 2.22 bits per heavy atom. The molecule has 18 heavy (non-hydrogen) atoms. The Labute approximate surface area is 102 Å². The summed E-state index contributed by atoms with van der Waals surface area (Å²) in [6.07, 6.45) is -4.03. The van der Waals surface area contributed by atoms with Crippen LogP contribution in [0.2, 0.25) is 0 Å². The van der Waals surface area contributed by atoms with Gasteiger partial charge in [-0.2, -0.15) is 13.2 Å². The van der Waals surface area contributed by atoms with Crippen molar-refractivity contribution in [2.45, 2.75) is 25.7 Å². The predicted molar refractivity (Wildman–Crippen MR) is 57.6 cm³/mol. The lowest BCUT2D eigenvalue weighted by Gasteiger charge is -2.14. The van der Waals surface area contributed by atoms with Crippen LogP contribution >= 0.6 is 0 Å². The van der Waals surface area contributed by atoms with Crippen molar-refractivity contribution < 1.29 is 22.7 Å². The fraction of sp³-hybridized carbons (Fsp3) is 0.455. The van der Waals surface area contributed by atoms with Gasteiger partial charge in [0, 0.05) is 6.20 Å². The van der Waals surface area contributed by atoms with Crippen molar-refractivity contribution in [3.8, 4) is 0 Å². The number of ether oxygens (including phenoxy) is 1. The molecule has 1 rings (SSSR count). The van der Waals surface area contributed by atoms with E-state index in [1.165, 1.54) is 6.92 Å². The van der Waals surface area contributed by atoms with Crippen molar-refractivity contribution >= 4 is 5.91 Å². The molecule has 0 aliphatic heterocycles. The third kappa shape index (κ3) is 5.62. The quantitative estimate of drug-likeness (QED) is 0.878. The molecule has 1 aromatic heterocycles. The summed E-state index contributed by atoms with van der Waals surface area (Å²) in [5.41, 5.74) is 0.619. The standard InChI is InChI=1S/C11H13F3N2O2/c1-8(18-7-11(12,13)14)10(17)16-6-9-4-2-3-5-15-9/h2-5,8H,6-7H2,1H3,(H,16,17)/t8-/m1/s1. The second-order valence-corrected chi connectivity index (χ2v) is 3.61. The Hall–Kier alpha value is -1.63. The monoisotopic (exact) mass is 262 g/mol. The van der Waals surface area contributed by atoms with Crippen LogP contribution in [-0.4, -0.2) is 29.8 Å². The number of aromatic nitrogens is 1. The minimum absolute atomic E-state index is 0.152. The summed E-state index contributed by atoms with van der Waals surface area (Å²) in [4.78, 5) is 15.4. The van der Waals surface area contributed by atoms with Crippen LogP contribution in [0.4, 0.5) is 13.2 Å². The summed E-state index contributed by atoms with van der Waals surface area (Å²) in [7, 11) is 0. The van der Waals surface area contributed by atoms with E-state index in [1.807, 2.05) is 0 Å². The van der Waals surface area contributed by atoms with Gasteiger partial charge >= 0.3 is 6.18 Å². The number of alkyl halides is 3. The number of amides is 1. The molecule has 7 heteroatoms. The average molecular weight is 262 g/mol. The van der Waals surface area contributed by atoms with E-state index >= 15 is 0 Å². The minimum Gasteiger partial charge on any atom is -0.359 e. The number of nitrogens with zero attached hydrogens (tertiary/aromatic N) is 1. The first kappa shape index (κ1) is 14.4. The zero-order valence-electron chi connectivity index (χ0n) is 9.70. The fourth-order valence-electron chi connectivity index (χ4n) is 1.12. The highest BCUT2D eigenvalue weighted by Crippen LogP contribution is 2.15. The van der Waals surface area contributed by atoms with Crippen LogP contribution in [0.15, 0.2) is 24.4 Å². The first-order chi connectivity index (χ1) is 8.38. The van der Waals surface area contributed by atoms with Crippen LogP contribution in [-0.2, 0) is 16.1 Å². The maximum Gasteiger partial charge on any atom is 0.411 e.